The van der Waals surface area contributed by atoms with Crippen LogP contribution in [0.4, 0.5) is 0 Å². The molecule has 0 saturated carbocycles. The Morgan fingerprint density at radius 2 is 1.55 bits per heavy atom. The maximum Gasteiger partial charge on any atom is 0.243 e. The third kappa shape index (κ3) is 5.65. The number of ether oxygens (including phenoxy) is 1. The minimum Gasteiger partial charge on any atom is -0.497 e. The number of hydrogen-bond donors (Lipinski definition) is 0. The van der Waals surface area contributed by atoms with E-state index in [1.54, 1.807) is 30.3 Å². The Morgan fingerprint density at radius 3 is 2.13 bits per heavy atom. The van der Waals surface area contributed by atoms with Gasteiger partial charge in [0, 0.05) is 32.7 Å². The van der Waals surface area contributed by atoms with Crippen LogP contribution in [-0.2, 0) is 19.9 Å². The predicted octanol–water partition coefficient (Wildman–Crippen LogP) is 2.60. The average Bonchev–Trinajstić information content (AvgIpc) is 2.78. The van der Waals surface area contributed by atoms with Crippen LogP contribution in [0.2, 0.25) is 0 Å². The lowest BCUT2D eigenvalue weighted by Crippen LogP contribution is -2.49. The van der Waals surface area contributed by atoms with Crippen molar-refractivity contribution in [1.29, 1.82) is 0 Å². The second-order valence-electron chi connectivity index (χ2n) is 7.97. The van der Waals surface area contributed by atoms with Crippen molar-refractivity contribution in [3.05, 3.63) is 54.1 Å². The number of nitrogens with zero attached hydrogens (tertiary/aromatic N) is 2. The molecule has 3 rings (SSSR count). The van der Waals surface area contributed by atoms with E-state index >= 15 is 0 Å². The standard InChI is InChI=1S/C22H30N2O5S2/c1-18(2)19-7-9-21(10-8-19)31(27,28)24-13-11-23(12-14-24)15-16-30(25,26)22-6-4-5-20(17-22)29-3/h4-10,17-18H,11-16H2,1-3H3. The molecule has 1 fully saturated rings. The summed E-state index contributed by atoms with van der Waals surface area (Å²) in [4.78, 5) is 2.52. The molecule has 1 saturated heterocycles. The molecule has 2 aromatic carbocycles. The van der Waals surface area contributed by atoms with Crippen LogP contribution in [0.5, 0.6) is 5.75 Å². The second kappa shape index (κ2) is 9.68. The van der Waals surface area contributed by atoms with E-state index < -0.39 is 19.9 Å². The fraction of sp³-hybridized carbons (Fsp3) is 0.455. The molecule has 7 nitrogen and oxygen atoms in total. The molecule has 0 radical (unpaired) electrons. The Labute approximate surface area is 185 Å². The highest BCUT2D eigenvalue weighted by atomic mass is 32.2. The van der Waals surface area contributed by atoms with E-state index in [1.165, 1.54) is 17.5 Å². The Hall–Kier alpha value is -1.94. The fourth-order valence-electron chi connectivity index (χ4n) is 3.53. The molecule has 170 valence electrons. The highest BCUT2D eigenvalue weighted by molar-refractivity contribution is 7.91. The lowest BCUT2D eigenvalue weighted by Gasteiger charge is -2.33. The van der Waals surface area contributed by atoms with E-state index in [0.29, 0.717) is 49.3 Å². The molecular weight excluding hydrogens is 436 g/mol. The fourth-order valence-corrected chi connectivity index (χ4v) is 6.27. The van der Waals surface area contributed by atoms with Crippen LogP contribution >= 0.6 is 0 Å². The summed E-state index contributed by atoms with van der Waals surface area (Å²) in [5.74, 6) is 0.818. The minimum absolute atomic E-state index is 0.0242. The average molecular weight is 467 g/mol. The van der Waals surface area contributed by atoms with Gasteiger partial charge < -0.3 is 4.74 Å². The molecular formula is C22H30N2O5S2. The monoisotopic (exact) mass is 466 g/mol. The van der Waals surface area contributed by atoms with Gasteiger partial charge in [-0.05, 0) is 41.8 Å². The van der Waals surface area contributed by atoms with Crippen LogP contribution in [0.3, 0.4) is 0 Å². The summed E-state index contributed by atoms with van der Waals surface area (Å²) in [6.45, 7) is 6.17. The molecule has 0 spiro atoms. The summed E-state index contributed by atoms with van der Waals surface area (Å²) in [7, 11) is -5.49. The van der Waals surface area contributed by atoms with Gasteiger partial charge in [-0.3, -0.25) is 4.90 Å². The molecule has 1 aliphatic rings. The van der Waals surface area contributed by atoms with Gasteiger partial charge in [0.25, 0.3) is 0 Å². The Balaban J connectivity index is 1.57. The van der Waals surface area contributed by atoms with Crippen molar-refractivity contribution < 1.29 is 21.6 Å². The van der Waals surface area contributed by atoms with E-state index in [9.17, 15) is 16.8 Å². The van der Waals surface area contributed by atoms with Gasteiger partial charge in [0.15, 0.2) is 9.84 Å². The van der Waals surface area contributed by atoms with Crippen molar-refractivity contribution in [2.24, 2.45) is 0 Å². The van der Waals surface area contributed by atoms with Crippen molar-refractivity contribution in [3.8, 4) is 5.75 Å². The predicted molar refractivity (Wildman–Crippen MR) is 121 cm³/mol. The zero-order valence-electron chi connectivity index (χ0n) is 18.2. The number of methoxy groups -OCH3 is 1. The second-order valence-corrected chi connectivity index (χ2v) is 12.0. The maximum atomic E-state index is 12.9. The first-order valence-corrected chi connectivity index (χ1v) is 13.4. The maximum absolute atomic E-state index is 12.9. The zero-order chi connectivity index (χ0) is 22.6. The molecule has 0 atom stereocenters. The van der Waals surface area contributed by atoms with Crippen molar-refractivity contribution in [2.45, 2.75) is 29.6 Å². The summed E-state index contributed by atoms with van der Waals surface area (Å²) in [5, 5.41) is 0. The largest absolute Gasteiger partial charge is 0.497 e. The third-order valence-corrected chi connectivity index (χ3v) is 9.20. The van der Waals surface area contributed by atoms with Gasteiger partial charge in [0.1, 0.15) is 5.75 Å². The minimum atomic E-state index is -3.55. The van der Waals surface area contributed by atoms with Gasteiger partial charge in [-0.1, -0.05) is 32.0 Å². The van der Waals surface area contributed by atoms with Crippen molar-refractivity contribution in [3.63, 3.8) is 0 Å². The first-order chi connectivity index (χ1) is 14.6. The van der Waals surface area contributed by atoms with Crippen LogP contribution in [0, 0.1) is 0 Å². The van der Waals surface area contributed by atoms with Gasteiger partial charge in [-0.2, -0.15) is 4.31 Å². The van der Waals surface area contributed by atoms with Gasteiger partial charge >= 0.3 is 0 Å². The molecule has 0 aliphatic carbocycles. The molecule has 2 aromatic rings. The molecule has 0 aromatic heterocycles. The van der Waals surface area contributed by atoms with E-state index in [4.69, 9.17) is 4.74 Å². The summed E-state index contributed by atoms with van der Waals surface area (Å²) in [5.41, 5.74) is 1.10. The number of sulfone groups is 1. The molecule has 1 heterocycles. The van der Waals surface area contributed by atoms with Crippen molar-refractivity contribution in [2.75, 3.05) is 45.6 Å². The van der Waals surface area contributed by atoms with Crippen LogP contribution < -0.4 is 4.74 Å². The Bertz CT molecular complexity index is 1090. The molecule has 0 N–H and O–H groups in total. The van der Waals surface area contributed by atoms with Crippen molar-refractivity contribution >= 4 is 19.9 Å². The Kier molecular flexibility index (Phi) is 7.41. The smallest absolute Gasteiger partial charge is 0.243 e. The van der Waals surface area contributed by atoms with Gasteiger partial charge in [-0.25, -0.2) is 16.8 Å². The van der Waals surface area contributed by atoms with Gasteiger partial charge in [0.05, 0.1) is 22.7 Å². The van der Waals surface area contributed by atoms with Crippen LogP contribution in [0.15, 0.2) is 58.3 Å². The summed E-state index contributed by atoms with van der Waals surface area (Å²) >= 11 is 0. The first-order valence-electron chi connectivity index (χ1n) is 10.3. The quantitative estimate of drug-likeness (QED) is 0.595. The summed E-state index contributed by atoms with van der Waals surface area (Å²) in [6.07, 6.45) is 0. The molecule has 1 aliphatic heterocycles. The van der Waals surface area contributed by atoms with Crippen LogP contribution in [0.1, 0.15) is 25.3 Å². The zero-order valence-corrected chi connectivity index (χ0v) is 19.8. The summed E-state index contributed by atoms with van der Waals surface area (Å²) in [6, 6.07) is 13.5. The topological polar surface area (TPSA) is 84.0 Å². The highest BCUT2D eigenvalue weighted by Gasteiger charge is 2.29. The van der Waals surface area contributed by atoms with Gasteiger partial charge in [-0.15, -0.1) is 0 Å². The number of hydrogen-bond acceptors (Lipinski definition) is 6. The number of benzene rings is 2. The van der Waals surface area contributed by atoms with E-state index in [2.05, 4.69) is 13.8 Å². The van der Waals surface area contributed by atoms with E-state index in [-0.39, 0.29) is 10.6 Å². The Morgan fingerprint density at radius 1 is 0.903 bits per heavy atom. The normalized spacial score (nSPS) is 16.5. The van der Waals surface area contributed by atoms with Crippen LogP contribution in [-0.4, -0.2) is 71.6 Å². The number of sulfonamides is 1. The number of piperazine rings is 1. The molecule has 0 bridgehead atoms. The lowest BCUT2D eigenvalue weighted by atomic mass is 10.0. The number of rotatable bonds is 8. The highest BCUT2D eigenvalue weighted by Crippen LogP contribution is 2.22. The lowest BCUT2D eigenvalue weighted by molar-refractivity contribution is 0.197. The molecule has 9 heteroatoms. The summed E-state index contributed by atoms with van der Waals surface area (Å²) < 4.78 is 57.7. The first kappa shape index (κ1) is 23.7. The molecule has 0 unspecified atom stereocenters. The van der Waals surface area contributed by atoms with Crippen LogP contribution in [0.25, 0.3) is 0 Å². The van der Waals surface area contributed by atoms with Crippen molar-refractivity contribution in [1.82, 2.24) is 9.21 Å². The van der Waals surface area contributed by atoms with E-state index in [0.717, 1.165) is 5.56 Å². The molecule has 31 heavy (non-hydrogen) atoms. The SMILES string of the molecule is COc1cccc(S(=O)(=O)CCN2CCN(S(=O)(=O)c3ccc(C(C)C)cc3)CC2)c1. The third-order valence-electron chi connectivity index (χ3n) is 5.59. The van der Waals surface area contributed by atoms with E-state index in [1.807, 2.05) is 17.0 Å². The van der Waals surface area contributed by atoms with Gasteiger partial charge in [0.2, 0.25) is 10.0 Å². The molecule has 0 amide bonds.